The quantitative estimate of drug-likeness (QED) is 0.417. The van der Waals surface area contributed by atoms with Gasteiger partial charge in [-0.1, -0.05) is 42.5 Å². The summed E-state index contributed by atoms with van der Waals surface area (Å²) >= 11 is 3.31. The first-order valence-electron chi connectivity index (χ1n) is 9.57. The van der Waals surface area contributed by atoms with Crippen molar-refractivity contribution in [2.75, 3.05) is 13.1 Å². The summed E-state index contributed by atoms with van der Waals surface area (Å²) in [7, 11) is 0. The minimum Gasteiger partial charge on any atom is -0.337 e. The topological polar surface area (TPSA) is 33.2 Å². The van der Waals surface area contributed by atoms with Crippen LogP contribution in [0.5, 0.6) is 0 Å². The lowest BCUT2D eigenvalue weighted by molar-refractivity contribution is 0.0713. The van der Waals surface area contributed by atoms with E-state index in [9.17, 15) is 4.79 Å². The molecule has 1 aliphatic heterocycles. The molecule has 5 rings (SSSR count). The monoisotopic (exact) mass is 404 g/mol. The Morgan fingerprint density at radius 3 is 2.71 bits per heavy atom. The van der Waals surface area contributed by atoms with Crippen LogP contribution in [0.3, 0.4) is 0 Å². The van der Waals surface area contributed by atoms with Gasteiger partial charge in [-0.15, -0.1) is 22.7 Å². The summed E-state index contributed by atoms with van der Waals surface area (Å²) in [6, 6.07) is 20.5. The van der Waals surface area contributed by atoms with Crippen LogP contribution in [0.25, 0.3) is 21.3 Å². The van der Waals surface area contributed by atoms with Gasteiger partial charge in [-0.25, -0.2) is 4.98 Å². The molecule has 0 aliphatic carbocycles. The number of hydrogen-bond acceptors (Lipinski definition) is 4. The maximum absolute atomic E-state index is 13.3. The maximum atomic E-state index is 13.3. The third-order valence-electron chi connectivity index (χ3n) is 5.31. The van der Waals surface area contributed by atoms with Crippen LogP contribution in [0.1, 0.15) is 33.4 Å². The number of hydrogen-bond donors (Lipinski definition) is 0. The molecule has 3 nitrogen and oxygen atoms in total. The summed E-state index contributed by atoms with van der Waals surface area (Å²) < 4.78 is 1.23. The minimum atomic E-state index is 0.152. The number of nitrogens with zero attached hydrogens (tertiary/aromatic N) is 2. The molecule has 5 heteroatoms. The number of benzene rings is 2. The third kappa shape index (κ3) is 3.25. The number of carbonyl (C=O) groups excluding carboxylic acids is 1. The first-order valence-corrected chi connectivity index (χ1v) is 11.3. The van der Waals surface area contributed by atoms with Gasteiger partial charge in [0, 0.05) is 24.6 Å². The lowest BCUT2D eigenvalue weighted by Crippen LogP contribution is -2.38. The SMILES string of the molecule is O=C(c1sccc1-c1ccccc1)N1CCCC(c2nc3ccccc3s2)C1. The maximum Gasteiger partial charge on any atom is 0.264 e. The highest BCUT2D eigenvalue weighted by atomic mass is 32.1. The first kappa shape index (κ1) is 17.6. The number of piperidine rings is 1. The summed E-state index contributed by atoms with van der Waals surface area (Å²) in [5.74, 6) is 0.481. The Balaban J connectivity index is 1.40. The van der Waals surface area contributed by atoms with E-state index in [1.807, 2.05) is 34.5 Å². The first-order chi connectivity index (χ1) is 13.8. The van der Waals surface area contributed by atoms with E-state index < -0.39 is 0 Å². The van der Waals surface area contributed by atoms with Crippen molar-refractivity contribution < 1.29 is 4.79 Å². The Morgan fingerprint density at radius 2 is 1.86 bits per heavy atom. The van der Waals surface area contributed by atoms with Crippen molar-refractivity contribution in [3.05, 3.63) is 75.9 Å². The number of carbonyl (C=O) groups is 1. The number of likely N-dealkylation sites (tertiary alicyclic amines) is 1. The van der Waals surface area contributed by atoms with E-state index in [2.05, 4.69) is 36.4 Å². The number of aromatic nitrogens is 1. The van der Waals surface area contributed by atoms with Crippen molar-refractivity contribution >= 4 is 38.8 Å². The minimum absolute atomic E-state index is 0.152. The zero-order valence-corrected chi connectivity index (χ0v) is 17.0. The van der Waals surface area contributed by atoms with E-state index in [4.69, 9.17) is 4.98 Å². The molecule has 2 aromatic carbocycles. The Bertz CT molecular complexity index is 1080. The second-order valence-electron chi connectivity index (χ2n) is 7.14. The van der Waals surface area contributed by atoms with Crippen molar-refractivity contribution in [3.8, 4) is 11.1 Å². The van der Waals surface area contributed by atoms with Gasteiger partial charge < -0.3 is 4.90 Å². The molecular formula is C23H20N2OS2. The lowest BCUT2D eigenvalue weighted by Gasteiger charge is -2.31. The molecule has 0 bridgehead atoms. The largest absolute Gasteiger partial charge is 0.337 e. The molecule has 1 fully saturated rings. The number of rotatable bonds is 3. The predicted octanol–water partition coefficient (Wildman–Crippen LogP) is 6.04. The van der Waals surface area contributed by atoms with E-state index in [0.29, 0.717) is 5.92 Å². The Kier molecular flexibility index (Phi) is 4.71. The summed E-state index contributed by atoms with van der Waals surface area (Å²) in [5, 5.41) is 3.18. The van der Waals surface area contributed by atoms with Gasteiger partial charge in [-0.3, -0.25) is 4.79 Å². The molecule has 0 spiro atoms. The van der Waals surface area contributed by atoms with E-state index in [1.54, 1.807) is 22.7 Å². The van der Waals surface area contributed by atoms with Crippen LogP contribution in [0, 0.1) is 0 Å². The van der Waals surface area contributed by atoms with Crippen LogP contribution < -0.4 is 0 Å². The highest BCUT2D eigenvalue weighted by Gasteiger charge is 2.29. The molecule has 1 amide bonds. The average Bonchev–Trinajstić information content (AvgIpc) is 3.41. The molecule has 0 radical (unpaired) electrons. The normalized spacial score (nSPS) is 17.1. The zero-order valence-electron chi connectivity index (χ0n) is 15.4. The highest BCUT2D eigenvalue weighted by Crippen LogP contribution is 2.35. The average molecular weight is 405 g/mol. The molecule has 1 aliphatic rings. The van der Waals surface area contributed by atoms with Gasteiger partial charge in [0.2, 0.25) is 0 Å². The number of amides is 1. The van der Waals surface area contributed by atoms with E-state index >= 15 is 0 Å². The summed E-state index contributed by atoms with van der Waals surface area (Å²) in [6.45, 7) is 1.58. The molecule has 28 heavy (non-hydrogen) atoms. The summed E-state index contributed by atoms with van der Waals surface area (Å²) in [4.78, 5) is 21.0. The van der Waals surface area contributed by atoms with Crippen molar-refractivity contribution in [3.63, 3.8) is 0 Å². The van der Waals surface area contributed by atoms with Crippen LogP contribution >= 0.6 is 22.7 Å². The van der Waals surface area contributed by atoms with Crippen molar-refractivity contribution in [1.29, 1.82) is 0 Å². The standard InChI is InChI=1S/C23H20N2OS2/c26-23(21-18(12-14-27-21)16-7-2-1-3-8-16)25-13-6-9-17(15-25)22-24-19-10-4-5-11-20(19)28-22/h1-5,7-8,10-12,14,17H,6,9,13,15H2. The van der Waals surface area contributed by atoms with Crippen LogP contribution in [-0.2, 0) is 0 Å². The van der Waals surface area contributed by atoms with Gasteiger partial charge >= 0.3 is 0 Å². The van der Waals surface area contributed by atoms with E-state index in [0.717, 1.165) is 52.5 Å². The Morgan fingerprint density at radius 1 is 1.04 bits per heavy atom. The molecular weight excluding hydrogens is 384 g/mol. The van der Waals surface area contributed by atoms with E-state index in [-0.39, 0.29) is 5.91 Å². The second-order valence-corrected chi connectivity index (χ2v) is 9.12. The molecule has 0 N–H and O–H groups in total. The highest BCUT2D eigenvalue weighted by molar-refractivity contribution is 7.18. The van der Waals surface area contributed by atoms with Gasteiger partial charge in [-0.2, -0.15) is 0 Å². The smallest absolute Gasteiger partial charge is 0.264 e. The zero-order chi connectivity index (χ0) is 18.9. The number of thiophene rings is 1. The fraction of sp³-hybridized carbons (Fsp3) is 0.217. The van der Waals surface area contributed by atoms with Gasteiger partial charge in [0.25, 0.3) is 5.91 Å². The Labute approximate surface area is 172 Å². The molecule has 4 aromatic rings. The molecule has 2 aromatic heterocycles. The summed E-state index contributed by atoms with van der Waals surface area (Å²) in [5.41, 5.74) is 3.21. The van der Waals surface area contributed by atoms with Gasteiger partial charge in [0.1, 0.15) is 0 Å². The number of fused-ring (bicyclic) bond motifs is 1. The number of thiazole rings is 1. The number of para-hydroxylation sites is 1. The molecule has 3 heterocycles. The summed E-state index contributed by atoms with van der Waals surface area (Å²) in [6.07, 6.45) is 2.12. The molecule has 1 unspecified atom stereocenters. The van der Waals surface area contributed by atoms with Crippen LogP contribution in [0.4, 0.5) is 0 Å². The van der Waals surface area contributed by atoms with Gasteiger partial charge in [0.05, 0.1) is 20.1 Å². The fourth-order valence-corrected chi connectivity index (χ4v) is 5.87. The van der Waals surface area contributed by atoms with E-state index in [1.165, 1.54) is 4.70 Å². The van der Waals surface area contributed by atoms with Crippen molar-refractivity contribution in [2.24, 2.45) is 0 Å². The van der Waals surface area contributed by atoms with Crippen LogP contribution in [0.15, 0.2) is 66.0 Å². The van der Waals surface area contributed by atoms with Crippen molar-refractivity contribution in [2.45, 2.75) is 18.8 Å². The molecule has 140 valence electrons. The second kappa shape index (κ2) is 7.49. The lowest BCUT2D eigenvalue weighted by atomic mass is 9.98. The fourth-order valence-electron chi connectivity index (χ4n) is 3.89. The molecule has 1 saturated heterocycles. The third-order valence-corrected chi connectivity index (χ3v) is 7.41. The van der Waals surface area contributed by atoms with Gasteiger partial charge in [-0.05, 0) is 42.0 Å². The van der Waals surface area contributed by atoms with Crippen molar-refractivity contribution in [1.82, 2.24) is 9.88 Å². The predicted molar refractivity (Wildman–Crippen MR) is 117 cm³/mol. The van der Waals surface area contributed by atoms with Crippen LogP contribution in [-0.4, -0.2) is 28.9 Å². The Hall–Kier alpha value is -2.50. The molecule has 0 saturated carbocycles. The molecule has 1 atom stereocenters. The van der Waals surface area contributed by atoms with Crippen LogP contribution in [0.2, 0.25) is 0 Å². The van der Waals surface area contributed by atoms with Gasteiger partial charge in [0.15, 0.2) is 0 Å².